The standard InChI is InChI=1S/C18H18N6O/c1-23-9-7-20-17(23)15-12-21-14(11-22-15)16-5-3-8-24(16)18(25)13-4-2-6-19-10-13/h2,4,6-7,9-12,16H,3,5,8H2,1H3/t16-/m0/s1. The zero-order valence-electron chi connectivity index (χ0n) is 13.9. The molecule has 1 aliphatic rings. The fourth-order valence-electron chi connectivity index (χ4n) is 3.21. The highest BCUT2D eigenvalue weighted by Gasteiger charge is 2.31. The summed E-state index contributed by atoms with van der Waals surface area (Å²) in [6.07, 6.45) is 12.2. The number of carbonyl (C=O) groups excluding carboxylic acids is 1. The van der Waals surface area contributed by atoms with Gasteiger partial charge in [0.05, 0.1) is 29.7 Å². The number of likely N-dealkylation sites (tertiary alicyclic amines) is 1. The van der Waals surface area contributed by atoms with Gasteiger partial charge in [0.1, 0.15) is 5.69 Å². The SMILES string of the molecule is Cn1ccnc1-c1cnc([C@@H]2CCCN2C(=O)c2cccnc2)cn1. The Hall–Kier alpha value is -3.09. The predicted molar refractivity (Wildman–Crippen MR) is 91.5 cm³/mol. The number of rotatable bonds is 3. The van der Waals surface area contributed by atoms with E-state index in [1.807, 2.05) is 22.7 Å². The summed E-state index contributed by atoms with van der Waals surface area (Å²) in [6, 6.07) is 3.52. The molecule has 7 nitrogen and oxygen atoms in total. The third-order valence-corrected chi connectivity index (χ3v) is 4.49. The van der Waals surface area contributed by atoms with Gasteiger partial charge in [-0.2, -0.15) is 0 Å². The molecule has 7 heteroatoms. The maximum absolute atomic E-state index is 12.8. The lowest BCUT2D eigenvalue weighted by Crippen LogP contribution is -2.31. The molecular weight excluding hydrogens is 316 g/mol. The van der Waals surface area contributed by atoms with E-state index in [2.05, 4.69) is 19.9 Å². The van der Waals surface area contributed by atoms with Crippen molar-refractivity contribution in [1.29, 1.82) is 0 Å². The third kappa shape index (κ3) is 2.88. The number of pyridine rings is 1. The number of aromatic nitrogens is 5. The zero-order valence-corrected chi connectivity index (χ0v) is 13.9. The predicted octanol–water partition coefficient (Wildman–Crippen LogP) is 2.25. The minimum Gasteiger partial charge on any atom is -0.333 e. The molecule has 126 valence electrons. The van der Waals surface area contributed by atoms with Crippen molar-refractivity contribution in [1.82, 2.24) is 29.4 Å². The first-order valence-corrected chi connectivity index (χ1v) is 8.24. The minimum absolute atomic E-state index is 0.00872. The van der Waals surface area contributed by atoms with E-state index in [4.69, 9.17) is 0 Å². The van der Waals surface area contributed by atoms with E-state index in [9.17, 15) is 4.79 Å². The van der Waals surface area contributed by atoms with Crippen molar-refractivity contribution in [3.63, 3.8) is 0 Å². The summed E-state index contributed by atoms with van der Waals surface area (Å²) in [7, 11) is 1.92. The zero-order chi connectivity index (χ0) is 17.2. The molecule has 4 rings (SSSR count). The third-order valence-electron chi connectivity index (χ3n) is 4.49. The van der Waals surface area contributed by atoms with E-state index in [1.54, 1.807) is 43.1 Å². The molecule has 3 aromatic rings. The van der Waals surface area contributed by atoms with Gasteiger partial charge in [0.25, 0.3) is 5.91 Å². The van der Waals surface area contributed by atoms with Crippen LogP contribution in [0.15, 0.2) is 49.3 Å². The van der Waals surface area contributed by atoms with Gasteiger partial charge in [0, 0.05) is 38.4 Å². The molecule has 0 spiro atoms. The Morgan fingerprint density at radius 3 is 2.76 bits per heavy atom. The number of nitrogens with zero attached hydrogens (tertiary/aromatic N) is 6. The van der Waals surface area contributed by atoms with Gasteiger partial charge < -0.3 is 9.47 Å². The molecule has 25 heavy (non-hydrogen) atoms. The molecular formula is C18H18N6O. The molecule has 3 aromatic heterocycles. The lowest BCUT2D eigenvalue weighted by atomic mass is 10.1. The molecule has 0 aliphatic carbocycles. The quantitative estimate of drug-likeness (QED) is 0.734. The Bertz CT molecular complexity index is 874. The Kier molecular flexibility index (Phi) is 3.97. The van der Waals surface area contributed by atoms with Gasteiger partial charge in [-0.05, 0) is 25.0 Å². The molecule has 1 amide bonds. The lowest BCUT2D eigenvalue weighted by Gasteiger charge is -2.24. The van der Waals surface area contributed by atoms with Gasteiger partial charge in [0.15, 0.2) is 5.82 Å². The average Bonchev–Trinajstić information content (AvgIpc) is 3.31. The van der Waals surface area contributed by atoms with E-state index in [-0.39, 0.29) is 11.9 Å². The molecule has 0 N–H and O–H groups in total. The molecule has 0 saturated carbocycles. The van der Waals surface area contributed by atoms with E-state index in [0.29, 0.717) is 5.56 Å². The summed E-state index contributed by atoms with van der Waals surface area (Å²) in [6.45, 7) is 0.723. The largest absolute Gasteiger partial charge is 0.333 e. The van der Waals surface area contributed by atoms with Crippen LogP contribution in [-0.4, -0.2) is 41.9 Å². The Labute approximate surface area is 145 Å². The second-order valence-electron chi connectivity index (χ2n) is 6.09. The van der Waals surface area contributed by atoms with E-state index in [1.165, 1.54) is 0 Å². The van der Waals surface area contributed by atoms with Crippen LogP contribution in [-0.2, 0) is 7.05 Å². The van der Waals surface area contributed by atoms with Crippen LogP contribution in [0, 0.1) is 0 Å². The molecule has 4 heterocycles. The Balaban J connectivity index is 1.58. The Morgan fingerprint density at radius 1 is 1.16 bits per heavy atom. The highest BCUT2D eigenvalue weighted by atomic mass is 16.2. The van der Waals surface area contributed by atoms with E-state index < -0.39 is 0 Å². The van der Waals surface area contributed by atoms with Crippen LogP contribution in [0.3, 0.4) is 0 Å². The van der Waals surface area contributed by atoms with Crippen molar-refractivity contribution in [3.05, 3.63) is 60.6 Å². The summed E-state index contributed by atoms with van der Waals surface area (Å²) < 4.78 is 1.90. The van der Waals surface area contributed by atoms with E-state index in [0.717, 1.165) is 36.6 Å². The highest BCUT2D eigenvalue weighted by Crippen LogP contribution is 2.32. The molecule has 1 atom stereocenters. The average molecular weight is 334 g/mol. The second kappa shape index (κ2) is 6.43. The number of aryl methyl sites for hydroxylation is 1. The van der Waals surface area contributed by atoms with Crippen LogP contribution in [0.2, 0.25) is 0 Å². The van der Waals surface area contributed by atoms with Gasteiger partial charge >= 0.3 is 0 Å². The first-order chi connectivity index (χ1) is 12.2. The van der Waals surface area contributed by atoms with Crippen LogP contribution in [0.25, 0.3) is 11.5 Å². The summed E-state index contributed by atoms with van der Waals surface area (Å²) in [5.41, 5.74) is 2.14. The highest BCUT2D eigenvalue weighted by molar-refractivity contribution is 5.94. The second-order valence-corrected chi connectivity index (χ2v) is 6.09. The van der Waals surface area contributed by atoms with Gasteiger partial charge in [-0.3, -0.25) is 14.8 Å². The van der Waals surface area contributed by atoms with Crippen molar-refractivity contribution in [3.8, 4) is 11.5 Å². The number of amides is 1. The van der Waals surface area contributed by atoms with Crippen molar-refractivity contribution >= 4 is 5.91 Å². The van der Waals surface area contributed by atoms with Gasteiger partial charge in [-0.25, -0.2) is 9.97 Å². The Morgan fingerprint density at radius 2 is 2.08 bits per heavy atom. The van der Waals surface area contributed by atoms with Crippen LogP contribution in [0.1, 0.15) is 34.9 Å². The molecule has 1 saturated heterocycles. The summed E-state index contributed by atoms with van der Waals surface area (Å²) in [4.78, 5) is 32.0. The smallest absolute Gasteiger partial charge is 0.255 e. The molecule has 0 aromatic carbocycles. The summed E-state index contributed by atoms with van der Waals surface area (Å²) >= 11 is 0. The van der Waals surface area contributed by atoms with E-state index >= 15 is 0 Å². The monoisotopic (exact) mass is 334 g/mol. The normalized spacial score (nSPS) is 17.0. The van der Waals surface area contributed by atoms with Gasteiger partial charge in [-0.1, -0.05) is 0 Å². The summed E-state index contributed by atoms with van der Waals surface area (Å²) in [5, 5.41) is 0. The first-order valence-electron chi connectivity index (χ1n) is 8.24. The van der Waals surface area contributed by atoms with Crippen molar-refractivity contribution in [2.45, 2.75) is 18.9 Å². The molecule has 0 radical (unpaired) electrons. The fourth-order valence-corrected chi connectivity index (χ4v) is 3.21. The number of carbonyl (C=O) groups is 1. The van der Waals surface area contributed by atoms with Crippen LogP contribution in [0.4, 0.5) is 0 Å². The summed E-state index contributed by atoms with van der Waals surface area (Å²) in [5.74, 6) is 0.763. The van der Waals surface area contributed by atoms with Crippen molar-refractivity contribution in [2.75, 3.05) is 6.54 Å². The molecule has 1 fully saturated rings. The fraction of sp³-hybridized carbons (Fsp3) is 0.278. The topological polar surface area (TPSA) is 76.8 Å². The van der Waals surface area contributed by atoms with Crippen molar-refractivity contribution in [2.24, 2.45) is 7.05 Å². The van der Waals surface area contributed by atoms with Gasteiger partial charge in [-0.15, -0.1) is 0 Å². The molecule has 0 unspecified atom stereocenters. The first kappa shape index (κ1) is 15.4. The van der Waals surface area contributed by atoms with Crippen LogP contribution < -0.4 is 0 Å². The molecule has 1 aliphatic heterocycles. The molecule has 0 bridgehead atoms. The van der Waals surface area contributed by atoms with Gasteiger partial charge in [0.2, 0.25) is 0 Å². The number of imidazole rings is 1. The van der Waals surface area contributed by atoms with Crippen molar-refractivity contribution < 1.29 is 4.79 Å². The number of hydrogen-bond acceptors (Lipinski definition) is 5. The maximum atomic E-state index is 12.8. The van der Waals surface area contributed by atoms with Crippen LogP contribution in [0.5, 0.6) is 0 Å². The lowest BCUT2D eigenvalue weighted by molar-refractivity contribution is 0.0732. The minimum atomic E-state index is -0.0457. The maximum Gasteiger partial charge on any atom is 0.255 e. The van der Waals surface area contributed by atoms with Crippen LogP contribution >= 0.6 is 0 Å². The number of hydrogen-bond donors (Lipinski definition) is 0.